The summed E-state index contributed by atoms with van der Waals surface area (Å²) in [6.07, 6.45) is 2.97. The Morgan fingerprint density at radius 3 is 2.59 bits per heavy atom. The molecule has 1 heterocycles. The highest BCUT2D eigenvalue weighted by molar-refractivity contribution is 5.96. The third kappa shape index (κ3) is 4.05. The lowest BCUT2D eigenvalue weighted by Gasteiger charge is -2.07. The number of carbonyl (C=O) groups excluding carboxylic acids is 1. The van der Waals surface area contributed by atoms with Crippen LogP contribution in [-0.2, 0) is 11.3 Å². The van der Waals surface area contributed by atoms with Gasteiger partial charge < -0.3 is 14.6 Å². The minimum atomic E-state index is -1.53. The summed E-state index contributed by atoms with van der Waals surface area (Å²) in [6.45, 7) is 0.504. The number of ether oxygens (including phenoxy) is 1. The van der Waals surface area contributed by atoms with E-state index in [1.54, 1.807) is 30.1 Å². The first-order chi connectivity index (χ1) is 13.1. The Balaban J connectivity index is 2.12. The first kappa shape index (κ1) is 18.0. The van der Waals surface area contributed by atoms with E-state index in [9.17, 15) is 9.90 Å². The lowest BCUT2D eigenvalue weighted by molar-refractivity contribution is -0.298. The monoisotopic (exact) mass is 358 g/mol. The van der Waals surface area contributed by atoms with E-state index in [4.69, 9.17) is 10.00 Å². The van der Waals surface area contributed by atoms with E-state index >= 15 is 0 Å². The Labute approximate surface area is 156 Å². The topological polar surface area (TPSA) is 91.0 Å². The van der Waals surface area contributed by atoms with Gasteiger partial charge in [-0.25, -0.2) is 0 Å². The van der Waals surface area contributed by atoms with E-state index in [-0.39, 0.29) is 0 Å². The van der Waals surface area contributed by atoms with Gasteiger partial charge in [-0.05, 0) is 23.8 Å². The van der Waals surface area contributed by atoms with Gasteiger partial charge in [0.05, 0.1) is 25.2 Å². The van der Waals surface area contributed by atoms with Crippen LogP contribution in [0.4, 0.5) is 0 Å². The third-order valence-corrected chi connectivity index (χ3v) is 3.98. The molecule has 0 aliphatic rings. The van der Waals surface area contributed by atoms with Crippen molar-refractivity contribution >= 4 is 12.0 Å². The lowest BCUT2D eigenvalue weighted by Crippen LogP contribution is -2.23. The predicted molar refractivity (Wildman–Crippen MR) is 98.4 cm³/mol. The van der Waals surface area contributed by atoms with Crippen molar-refractivity contribution in [1.29, 1.82) is 5.26 Å². The molecule has 0 spiro atoms. The maximum absolute atomic E-state index is 11.1. The van der Waals surface area contributed by atoms with Crippen LogP contribution in [0.15, 0.2) is 66.4 Å². The normalized spacial score (nSPS) is 11.0. The second kappa shape index (κ2) is 8.02. The molecule has 0 atom stereocenters. The van der Waals surface area contributed by atoms with E-state index in [1.807, 2.05) is 48.5 Å². The maximum atomic E-state index is 11.1. The summed E-state index contributed by atoms with van der Waals surface area (Å²) >= 11 is 0. The Morgan fingerprint density at radius 1 is 1.22 bits per heavy atom. The molecular formula is C21H16N3O3-. The number of nitriles is 1. The smallest absolute Gasteiger partial charge is 0.128 e. The number of methoxy groups -OCH3 is 1. The Bertz CT molecular complexity index is 1030. The van der Waals surface area contributed by atoms with Crippen LogP contribution >= 0.6 is 0 Å². The van der Waals surface area contributed by atoms with Crippen molar-refractivity contribution in [2.45, 2.75) is 6.54 Å². The number of carboxylic acids is 1. The van der Waals surface area contributed by atoms with Crippen LogP contribution in [-0.4, -0.2) is 22.9 Å². The summed E-state index contributed by atoms with van der Waals surface area (Å²) < 4.78 is 7.10. The molecule has 0 saturated carbocycles. The van der Waals surface area contributed by atoms with Crippen molar-refractivity contribution < 1.29 is 14.6 Å². The van der Waals surface area contributed by atoms with E-state index in [0.717, 1.165) is 5.56 Å². The number of carboxylic acid groups (broad SMARTS) is 1. The number of hydrogen-bond acceptors (Lipinski definition) is 5. The predicted octanol–water partition coefficient (Wildman–Crippen LogP) is 2.26. The third-order valence-electron chi connectivity index (χ3n) is 3.98. The molecule has 6 nitrogen and oxygen atoms in total. The highest BCUT2D eigenvalue weighted by atomic mass is 16.5. The number of rotatable bonds is 6. The van der Waals surface area contributed by atoms with Gasteiger partial charge in [0, 0.05) is 17.3 Å². The molecule has 6 heteroatoms. The summed E-state index contributed by atoms with van der Waals surface area (Å²) in [6, 6.07) is 18.7. The van der Waals surface area contributed by atoms with Crippen molar-refractivity contribution in [1.82, 2.24) is 9.78 Å². The number of para-hydroxylation sites is 1. The first-order valence-corrected chi connectivity index (χ1v) is 8.20. The molecule has 0 N–H and O–H groups in total. The largest absolute Gasteiger partial charge is 0.544 e. The number of hydrogen-bond donors (Lipinski definition) is 0. The van der Waals surface area contributed by atoms with Gasteiger partial charge in [0.1, 0.15) is 17.5 Å². The highest BCUT2D eigenvalue weighted by Crippen LogP contribution is 2.32. The number of aliphatic carboxylic acids is 1. The van der Waals surface area contributed by atoms with Crippen LogP contribution in [0, 0.1) is 11.3 Å². The molecule has 134 valence electrons. The molecule has 1 aromatic heterocycles. The Morgan fingerprint density at radius 2 is 1.93 bits per heavy atom. The molecule has 0 aliphatic carbocycles. The lowest BCUT2D eigenvalue weighted by atomic mass is 10.1. The van der Waals surface area contributed by atoms with Crippen LogP contribution in [0.5, 0.6) is 5.75 Å². The second-order valence-corrected chi connectivity index (χ2v) is 5.77. The fraction of sp³-hybridized carbons (Fsp3) is 0.0952. The molecule has 0 radical (unpaired) electrons. The van der Waals surface area contributed by atoms with Gasteiger partial charge in [-0.15, -0.1) is 0 Å². The van der Waals surface area contributed by atoms with Crippen molar-refractivity contribution in [3.63, 3.8) is 0 Å². The minimum Gasteiger partial charge on any atom is -0.544 e. The van der Waals surface area contributed by atoms with Crippen molar-refractivity contribution in [3.8, 4) is 23.1 Å². The molecule has 3 rings (SSSR count). The quantitative estimate of drug-likeness (QED) is 0.498. The van der Waals surface area contributed by atoms with Crippen LogP contribution in [0.25, 0.3) is 17.3 Å². The number of aromatic nitrogens is 2. The zero-order valence-electron chi connectivity index (χ0n) is 14.6. The summed E-state index contributed by atoms with van der Waals surface area (Å²) in [5.74, 6) is -0.927. The number of nitrogens with zero attached hydrogens (tertiary/aromatic N) is 3. The Hall–Kier alpha value is -3.85. The van der Waals surface area contributed by atoms with Crippen molar-refractivity contribution in [2.75, 3.05) is 7.11 Å². The molecule has 0 amide bonds. The van der Waals surface area contributed by atoms with E-state index in [2.05, 4.69) is 5.10 Å². The van der Waals surface area contributed by atoms with E-state index in [1.165, 1.54) is 6.08 Å². The van der Waals surface area contributed by atoms with Crippen LogP contribution < -0.4 is 9.84 Å². The summed E-state index contributed by atoms with van der Waals surface area (Å²) in [4.78, 5) is 11.1. The van der Waals surface area contributed by atoms with E-state index < -0.39 is 11.5 Å². The van der Waals surface area contributed by atoms with Gasteiger partial charge >= 0.3 is 0 Å². The molecule has 0 unspecified atom stereocenters. The van der Waals surface area contributed by atoms with Gasteiger partial charge in [0.15, 0.2) is 0 Å². The van der Waals surface area contributed by atoms with Crippen molar-refractivity contribution in [2.24, 2.45) is 0 Å². The Kier molecular flexibility index (Phi) is 5.33. The maximum Gasteiger partial charge on any atom is 0.128 e. The molecule has 27 heavy (non-hydrogen) atoms. The SMILES string of the molecule is COc1ccccc1-c1nn(Cc2ccccc2)cc1/C=C(\C#N)C(=O)[O-]. The standard InChI is InChI=1S/C21H17N3O3/c1-27-19-10-6-5-9-18(19)20-17(11-16(12-22)21(25)26)14-24(23-20)13-15-7-3-2-4-8-15/h2-11,14H,13H2,1H3,(H,25,26)/p-1/b16-11+. The van der Waals surface area contributed by atoms with Gasteiger partial charge in [-0.2, -0.15) is 10.4 Å². The highest BCUT2D eigenvalue weighted by Gasteiger charge is 2.15. The molecular weight excluding hydrogens is 342 g/mol. The summed E-state index contributed by atoms with van der Waals surface area (Å²) in [5.41, 5.74) is 2.30. The van der Waals surface area contributed by atoms with Crippen molar-refractivity contribution in [3.05, 3.63) is 77.5 Å². The number of benzene rings is 2. The fourth-order valence-electron chi connectivity index (χ4n) is 2.74. The van der Waals surface area contributed by atoms with Gasteiger partial charge in [0.2, 0.25) is 0 Å². The average molecular weight is 358 g/mol. The molecule has 0 saturated heterocycles. The van der Waals surface area contributed by atoms with Crippen LogP contribution in [0.2, 0.25) is 0 Å². The van der Waals surface area contributed by atoms with E-state index in [0.29, 0.717) is 29.1 Å². The molecule has 3 aromatic rings. The summed E-state index contributed by atoms with van der Waals surface area (Å²) in [5, 5.41) is 24.8. The zero-order valence-corrected chi connectivity index (χ0v) is 14.6. The van der Waals surface area contributed by atoms with Crippen LogP contribution in [0.3, 0.4) is 0 Å². The van der Waals surface area contributed by atoms with Gasteiger partial charge in [-0.3, -0.25) is 4.68 Å². The molecule has 2 aromatic carbocycles. The molecule has 0 bridgehead atoms. The molecule has 0 aliphatic heterocycles. The fourth-order valence-corrected chi connectivity index (χ4v) is 2.74. The first-order valence-electron chi connectivity index (χ1n) is 8.20. The zero-order chi connectivity index (χ0) is 19.2. The van der Waals surface area contributed by atoms with Crippen LogP contribution in [0.1, 0.15) is 11.1 Å². The second-order valence-electron chi connectivity index (χ2n) is 5.77. The number of carbonyl (C=O) groups is 1. The molecule has 0 fully saturated rings. The minimum absolute atomic E-state index is 0.467. The average Bonchev–Trinajstić information content (AvgIpc) is 3.08. The van der Waals surface area contributed by atoms with Gasteiger partial charge in [0.25, 0.3) is 0 Å². The summed E-state index contributed by atoms with van der Waals surface area (Å²) in [7, 11) is 1.55. The van der Waals surface area contributed by atoms with Gasteiger partial charge in [-0.1, -0.05) is 42.5 Å².